The summed E-state index contributed by atoms with van der Waals surface area (Å²) in [5, 5.41) is 0. The van der Waals surface area contributed by atoms with Crippen molar-refractivity contribution in [2.24, 2.45) is 0 Å². The molecule has 0 aromatic rings. The molecule has 0 saturated carbocycles. The molecule has 0 rings (SSSR count). The van der Waals surface area contributed by atoms with Gasteiger partial charge in [-0.2, -0.15) is 0 Å². The van der Waals surface area contributed by atoms with Gasteiger partial charge in [-0.05, 0) is 19.3 Å². The van der Waals surface area contributed by atoms with Gasteiger partial charge in [0, 0.05) is 19.3 Å². The maximum absolute atomic E-state index is 12.4. The fraction of sp³-hybridized carbons (Fsp3) is 0.906. The topological polar surface area (TPSA) is 78.9 Å². The van der Waals surface area contributed by atoms with E-state index in [2.05, 4.69) is 20.8 Å². The molecular weight excluding hydrogens is 481 g/mol. The van der Waals surface area contributed by atoms with Crippen molar-refractivity contribution in [3.8, 4) is 0 Å². The van der Waals surface area contributed by atoms with E-state index in [9.17, 15) is 14.4 Å². The lowest BCUT2D eigenvalue weighted by molar-refractivity contribution is -0.167. The fourth-order valence-electron chi connectivity index (χ4n) is 4.38. The third-order valence-electron chi connectivity index (χ3n) is 6.86. The Hall–Kier alpha value is -1.59. The Kier molecular flexibility index (Phi) is 27.2. The molecule has 0 saturated heterocycles. The second kappa shape index (κ2) is 28.4. The van der Waals surface area contributed by atoms with Crippen LogP contribution in [0.15, 0.2) is 0 Å². The highest BCUT2D eigenvalue weighted by Gasteiger charge is 2.19. The molecule has 0 radical (unpaired) electrons. The number of rotatable bonds is 28. The van der Waals surface area contributed by atoms with Crippen molar-refractivity contribution >= 4 is 17.9 Å². The van der Waals surface area contributed by atoms with Crippen LogP contribution in [-0.4, -0.2) is 37.2 Å². The highest BCUT2D eigenvalue weighted by Crippen LogP contribution is 2.12. The minimum Gasteiger partial charge on any atom is -0.462 e. The zero-order valence-corrected chi connectivity index (χ0v) is 25.2. The summed E-state index contributed by atoms with van der Waals surface area (Å²) >= 11 is 0. The minimum atomic E-state index is -0.751. The Balaban J connectivity index is 4.35. The molecule has 0 N–H and O–H groups in total. The van der Waals surface area contributed by atoms with E-state index in [0.29, 0.717) is 19.3 Å². The summed E-state index contributed by atoms with van der Waals surface area (Å²) in [6.45, 7) is 6.45. The second-order valence-corrected chi connectivity index (χ2v) is 10.7. The Bertz CT molecular complexity index is 528. The minimum absolute atomic E-state index is 0.0672. The van der Waals surface area contributed by atoms with Crippen LogP contribution in [0.25, 0.3) is 0 Å². The molecule has 0 unspecified atom stereocenters. The smallest absolute Gasteiger partial charge is 0.306 e. The number of hydrogen-bond donors (Lipinski definition) is 0. The first-order chi connectivity index (χ1) is 18.5. The Morgan fingerprint density at radius 2 is 0.711 bits per heavy atom. The van der Waals surface area contributed by atoms with Crippen molar-refractivity contribution in [1.82, 2.24) is 0 Å². The van der Waals surface area contributed by atoms with Gasteiger partial charge >= 0.3 is 17.9 Å². The van der Waals surface area contributed by atoms with E-state index in [0.717, 1.165) is 57.8 Å². The van der Waals surface area contributed by atoms with Crippen LogP contribution in [0.1, 0.15) is 168 Å². The van der Waals surface area contributed by atoms with E-state index in [-0.39, 0.29) is 31.1 Å². The predicted molar refractivity (Wildman–Crippen MR) is 155 cm³/mol. The van der Waals surface area contributed by atoms with Gasteiger partial charge in [0.2, 0.25) is 0 Å². The molecule has 6 nitrogen and oxygen atoms in total. The van der Waals surface area contributed by atoms with Crippen LogP contribution in [0.4, 0.5) is 0 Å². The number of esters is 3. The molecular formula is C32H60O6. The molecule has 0 heterocycles. The highest BCUT2D eigenvalue weighted by molar-refractivity contribution is 5.71. The van der Waals surface area contributed by atoms with Crippen molar-refractivity contribution in [1.29, 1.82) is 0 Å². The molecule has 0 aliphatic carbocycles. The van der Waals surface area contributed by atoms with Crippen LogP contribution >= 0.6 is 0 Å². The van der Waals surface area contributed by atoms with Gasteiger partial charge in [-0.25, -0.2) is 0 Å². The van der Waals surface area contributed by atoms with E-state index in [1.165, 1.54) is 70.6 Å². The van der Waals surface area contributed by atoms with Crippen LogP contribution < -0.4 is 0 Å². The van der Waals surface area contributed by atoms with E-state index in [4.69, 9.17) is 14.2 Å². The molecule has 0 atom stereocenters. The first-order valence-corrected chi connectivity index (χ1v) is 16.0. The standard InChI is InChI=1S/C32H60O6/c1-4-7-10-13-16-19-21-24-30(33)36-27-29(38-32(35)26-23-18-15-12-9-6-3)28-37-31(34)25-22-20-17-14-11-8-5-2/h29H,4-28H2,1-3H3/i32+1. The third-order valence-corrected chi connectivity index (χ3v) is 6.86. The number of carbonyl (C=O) groups excluding carboxylic acids is 3. The lowest BCUT2D eigenvalue weighted by Crippen LogP contribution is -2.30. The molecule has 0 aliphatic heterocycles. The van der Waals surface area contributed by atoms with Gasteiger partial charge in [0.15, 0.2) is 6.10 Å². The molecule has 0 bridgehead atoms. The molecule has 0 spiro atoms. The largest absolute Gasteiger partial charge is 0.462 e. The van der Waals surface area contributed by atoms with Crippen LogP contribution in [0, 0.1) is 0 Å². The van der Waals surface area contributed by atoms with E-state index >= 15 is 0 Å². The van der Waals surface area contributed by atoms with Gasteiger partial charge in [0.1, 0.15) is 13.2 Å². The van der Waals surface area contributed by atoms with E-state index in [1.807, 2.05) is 0 Å². The molecule has 6 heteroatoms. The molecule has 0 aromatic heterocycles. The molecule has 0 aliphatic rings. The van der Waals surface area contributed by atoms with E-state index < -0.39 is 6.10 Å². The van der Waals surface area contributed by atoms with Crippen LogP contribution in [0.3, 0.4) is 0 Å². The Labute approximate surface area is 234 Å². The maximum Gasteiger partial charge on any atom is 0.306 e. The average molecular weight is 542 g/mol. The SMILES string of the molecule is CCCCCCCCCC(=O)OCC(COC(=O)CCCCCCCCC)O[13C](=O)CCCCCCCC. The summed E-state index contributed by atoms with van der Waals surface area (Å²) in [5.41, 5.74) is 0. The van der Waals surface area contributed by atoms with E-state index in [1.54, 1.807) is 0 Å². The van der Waals surface area contributed by atoms with Gasteiger partial charge < -0.3 is 14.2 Å². The Morgan fingerprint density at radius 3 is 1.05 bits per heavy atom. The summed E-state index contributed by atoms with van der Waals surface area (Å²) in [7, 11) is 0. The third kappa shape index (κ3) is 26.0. The molecule has 38 heavy (non-hydrogen) atoms. The molecule has 0 aromatic carbocycles. The first-order valence-electron chi connectivity index (χ1n) is 16.0. The van der Waals surface area contributed by atoms with Gasteiger partial charge in [0.25, 0.3) is 0 Å². The summed E-state index contributed by atoms with van der Waals surface area (Å²) in [6.07, 6.45) is 22.7. The Morgan fingerprint density at radius 1 is 0.421 bits per heavy atom. The van der Waals surface area contributed by atoms with Crippen molar-refractivity contribution in [3.63, 3.8) is 0 Å². The second-order valence-electron chi connectivity index (χ2n) is 10.7. The lowest BCUT2D eigenvalue weighted by atomic mass is 10.1. The van der Waals surface area contributed by atoms with Gasteiger partial charge in [-0.3, -0.25) is 14.4 Å². The van der Waals surface area contributed by atoms with Gasteiger partial charge in [-0.15, -0.1) is 0 Å². The summed E-state index contributed by atoms with van der Waals surface area (Å²) in [4.78, 5) is 36.8. The monoisotopic (exact) mass is 541 g/mol. The van der Waals surface area contributed by atoms with Crippen molar-refractivity contribution in [2.45, 2.75) is 175 Å². The zero-order valence-electron chi connectivity index (χ0n) is 25.2. The van der Waals surface area contributed by atoms with Crippen LogP contribution in [-0.2, 0) is 28.6 Å². The molecule has 0 fully saturated rings. The number of ether oxygens (including phenoxy) is 3. The highest BCUT2D eigenvalue weighted by atomic mass is 16.7. The molecule has 0 amide bonds. The fourth-order valence-corrected chi connectivity index (χ4v) is 4.38. The normalized spacial score (nSPS) is 11.1. The van der Waals surface area contributed by atoms with Crippen LogP contribution in [0.2, 0.25) is 0 Å². The molecule has 224 valence electrons. The maximum atomic E-state index is 12.4. The van der Waals surface area contributed by atoms with Crippen LogP contribution in [0.5, 0.6) is 0 Å². The number of carbonyl (C=O) groups is 3. The predicted octanol–water partition coefficient (Wildman–Crippen LogP) is 9.02. The number of hydrogen-bond acceptors (Lipinski definition) is 6. The zero-order chi connectivity index (χ0) is 28.1. The summed E-state index contributed by atoms with van der Waals surface area (Å²) in [6, 6.07) is 0. The average Bonchev–Trinajstić information content (AvgIpc) is 2.91. The quantitative estimate of drug-likeness (QED) is 0.0425. The summed E-state index contributed by atoms with van der Waals surface area (Å²) < 4.78 is 16.3. The van der Waals surface area contributed by atoms with Crippen molar-refractivity contribution in [3.05, 3.63) is 0 Å². The lowest BCUT2D eigenvalue weighted by Gasteiger charge is -2.18. The van der Waals surface area contributed by atoms with Gasteiger partial charge in [0.05, 0.1) is 0 Å². The van der Waals surface area contributed by atoms with Gasteiger partial charge in [-0.1, -0.05) is 130 Å². The first kappa shape index (κ1) is 36.4. The summed E-state index contributed by atoms with van der Waals surface area (Å²) in [5.74, 6) is -0.897. The van der Waals surface area contributed by atoms with Crippen molar-refractivity contribution < 1.29 is 28.6 Å². The number of unbranched alkanes of at least 4 members (excludes halogenated alkanes) is 17. The van der Waals surface area contributed by atoms with Crippen molar-refractivity contribution in [2.75, 3.05) is 13.2 Å².